The standard InChI is InChI=1S/C15H14N2O4S/c1-3-21-15(19)12(8-16)14-17(13(18)9-22-14)10-4-6-11(20-2)7-5-10/h4-7H,3,9H2,1-2H3/b14-12+. The Balaban J connectivity index is 2.44. The van der Waals surface area contributed by atoms with E-state index in [1.54, 1.807) is 38.3 Å². The molecule has 0 aromatic heterocycles. The van der Waals surface area contributed by atoms with Gasteiger partial charge in [0.25, 0.3) is 0 Å². The molecule has 0 N–H and O–H groups in total. The highest BCUT2D eigenvalue weighted by Gasteiger charge is 2.33. The summed E-state index contributed by atoms with van der Waals surface area (Å²) in [5, 5.41) is 9.54. The molecule has 6 nitrogen and oxygen atoms in total. The lowest BCUT2D eigenvalue weighted by Crippen LogP contribution is -2.26. The lowest BCUT2D eigenvalue weighted by molar-refractivity contribution is -0.138. The fourth-order valence-electron chi connectivity index (χ4n) is 1.93. The predicted molar refractivity (Wildman–Crippen MR) is 82.2 cm³/mol. The number of carbonyl (C=O) groups is 2. The number of amides is 1. The highest BCUT2D eigenvalue weighted by Crippen LogP contribution is 2.36. The van der Waals surface area contributed by atoms with E-state index in [1.165, 1.54) is 4.90 Å². The molecule has 1 amide bonds. The van der Waals surface area contributed by atoms with E-state index in [-0.39, 0.29) is 23.8 Å². The first kappa shape index (κ1) is 15.9. The zero-order valence-corrected chi connectivity index (χ0v) is 13.0. The van der Waals surface area contributed by atoms with E-state index in [2.05, 4.69) is 0 Å². The number of rotatable bonds is 4. The van der Waals surface area contributed by atoms with Crippen molar-refractivity contribution in [3.05, 3.63) is 34.9 Å². The van der Waals surface area contributed by atoms with Gasteiger partial charge in [0, 0.05) is 5.69 Å². The maximum absolute atomic E-state index is 12.1. The Morgan fingerprint density at radius 1 is 1.41 bits per heavy atom. The van der Waals surface area contributed by atoms with Crippen LogP contribution in [-0.4, -0.2) is 31.3 Å². The molecule has 0 spiro atoms. The zero-order chi connectivity index (χ0) is 16.1. The molecule has 1 heterocycles. The molecule has 0 aliphatic carbocycles. The number of anilines is 1. The number of ether oxygens (including phenoxy) is 2. The van der Waals surface area contributed by atoms with Crippen LogP contribution in [0.4, 0.5) is 5.69 Å². The molecule has 22 heavy (non-hydrogen) atoms. The molecule has 2 rings (SSSR count). The predicted octanol–water partition coefficient (Wildman–Crippen LogP) is 2.07. The Kier molecular flexibility index (Phi) is 5.07. The largest absolute Gasteiger partial charge is 0.497 e. The number of esters is 1. The summed E-state index contributed by atoms with van der Waals surface area (Å²) in [7, 11) is 1.55. The summed E-state index contributed by atoms with van der Waals surface area (Å²) in [5.74, 6) is -0.0891. The van der Waals surface area contributed by atoms with Crippen molar-refractivity contribution in [2.75, 3.05) is 24.4 Å². The normalized spacial score (nSPS) is 16.2. The van der Waals surface area contributed by atoms with E-state index in [0.29, 0.717) is 16.5 Å². The molecule has 0 radical (unpaired) electrons. The van der Waals surface area contributed by atoms with Gasteiger partial charge in [0.1, 0.15) is 16.8 Å². The van der Waals surface area contributed by atoms with E-state index < -0.39 is 5.97 Å². The van der Waals surface area contributed by atoms with Gasteiger partial charge in [-0.15, -0.1) is 0 Å². The number of hydrogen-bond donors (Lipinski definition) is 0. The van der Waals surface area contributed by atoms with Crippen LogP contribution in [0.2, 0.25) is 0 Å². The Labute approximate surface area is 132 Å². The number of thioether (sulfide) groups is 1. The van der Waals surface area contributed by atoms with Gasteiger partial charge in [0.15, 0.2) is 5.57 Å². The van der Waals surface area contributed by atoms with Crippen LogP contribution in [0.3, 0.4) is 0 Å². The second kappa shape index (κ2) is 7.00. The Morgan fingerprint density at radius 3 is 2.64 bits per heavy atom. The van der Waals surface area contributed by atoms with E-state index in [4.69, 9.17) is 9.47 Å². The topological polar surface area (TPSA) is 79.6 Å². The average Bonchev–Trinajstić information content (AvgIpc) is 2.90. The van der Waals surface area contributed by atoms with Crippen LogP contribution >= 0.6 is 11.8 Å². The number of nitrogens with zero attached hydrogens (tertiary/aromatic N) is 2. The van der Waals surface area contributed by atoms with Crippen LogP contribution in [0, 0.1) is 11.3 Å². The molecule has 1 aromatic carbocycles. The van der Waals surface area contributed by atoms with Gasteiger partial charge in [-0.1, -0.05) is 11.8 Å². The third kappa shape index (κ3) is 3.07. The Morgan fingerprint density at radius 2 is 2.09 bits per heavy atom. The summed E-state index contributed by atoms with van der Waals surface area (Å²) >= 11 is 1.15. The molecule has 7 heteroatoms. The molecule has 1 fully saturated rings. The minimum absolute atomic E-state index is 0.159. The summed E-state index contributed by atoms with van der Waals surface area (Å²) in [6.45, 7) is 1.82. The minimum atomic E-state index is -0.722. The molecule has 0 saturated carbocycles. The number of hydrogen-bond acceptors (Lipinski definition) is 6. The maximum Gasteiger partial charge on any atom is 0.351 e. The monoisotopic (exact) mass is 318 g/mol. The van der Waals surface area contributed by atoms with Gasteiger partial charge >= 0.3 is 5.97 Å². The van der Waals surface area contributed by atoms with Crippen molar-refractivity contribution in [1.29, 1.82) is 5.26 Å². The van der Waals surface area contributed by atoms with Crippen molar-refractivity contribution in [1.82, 2.24) is 0 Å². The summed E-state index contributed by atoms with van der Waals surface area (Å²) in [5.41, 5.74) is 0.413. The number of carbonyl (C=O) groups excluding carboxylic acids is 2. The Bertz CT molecular complexity index is 661. The second-order valence-electron chi connectivity index (χ2n) is 4.23. The first-order valence-electron chi connectivity index (χ1n) is 6.53. The molecule has 1 aromatic rings. The fraction of sp³-hybridized carbons (Fsp3) is 0.267. The minimum Gasteiger partial charge on any atom is -0.497 e. The summed E-state index contributed by atoms with van der Waals surface area (Å²) in [6, 6.07) is 8.65. The molecular formula is C15H14N2O4S. The molecule has 1 aliphatic heterocycles. The molecule has 1 saturated heterocycles. The quantitative estimate of drug-likeness (QED) is 0.480. The SMILES string of the molecule is CCOC(=O)/C(C#N)=C1/SCC(=O)N1c1ccc(OC)cc1. The van der Waals surface area contributed by atoms with Crippen molar-refractivity contribution in [3.63, 3.8) is 0 Å². The molecule has 0 bridgehead atoms. The summed E-state index contributed by atoms with van der Waals surface area (Å²) in [4.78, 5) is 25.4. The number of nitriles is 1. The van der Waals surface area contributed by atoms with Gasteiger partial charge in [-0.3, -0.25) is 9.69 Å². The van der Waals surface area contributed by atoms with Gasteiger partial charge < -0.3 is 9.47 Å². The van der Waals surface area contributed by atoms with Crippen molar-refractivity contribution >= 4 is 29.3 Å². The molecule has 0 unspecified atom stereocenters. The Hall–Kier alpha value is -2.46. The van der Waals surface area contributed by atoms with Gasteiger partial charge in [-0.2, -0.15) is 5.26 Å². The van der Waals surface area contributed by atoms with E-state index in [9.17, 15) is 14.9 Å². The zero-order valence-electron chi connectivity index (χ0n) is 12.2. The van der Waals surface area contributed by atoms with Crippen molar-refractivity contribution in [2.24, 2.45) is 0 Å². The van der Waals surface area contributed by atoms with Crippen molar-refractivity contribution in [3.8, 4) is 11.8 Å². The van der Waals surface area contributed by atoms with Gasteiger partial charge in [0.2, 0.25) is 5.91 Å². The highest BCUT2D eigenvalue weighted by atomic mass is 32.2. The fourth-order valence-corrected chi connectivity index (χ4v) is 2.93. The van der Waals surface area contributed by atoms with Gasteiger partial charge in [-0.25, -0.2) is 4.79 Å². The lowest BCUT2D eigenvalue weighted by atomic mass is 10.2. The van der Waals surface area contributed by atoms with Crippen LogP contribution in [0.25, 0.3) is 0 Å². The summed E-state index contributed by atoms with van der Waals surface area (Å²) < 4.78 is 9.95. The number of methoxy groups -OCH3 is 1. The first-order valence-corrected chi connectivity index (χ1v) is 7.52. The highest BCUT2D eigenvalue weighted by molar-refractivity contribution is 8.04. The maximum atomic E-state index is 12.1. The van der Waals surface area contributed by atoms with Gasteiger partial charge in [0.05, 0.1) is 19.5 Å². The van der Waals surface area contributed by atoms with E-state index in [1.807, 2.05) is 6.07 Å². The third-order valence-electron chi connectivity index (χ3n) is 2.92. The van der Waals surface area contributed by atoms with Crippen molar-refractivity contribution in [2.45, 2.75) is 6.92 Å². The molecule has 114 valence electrons. The summed E-state index contributed by atoms with van der Waals surface area (Å²) in [6.07, 6.45) is 0. The second-order valence-corrected chi connectivity index (χ2v) is 5.19. The first-order chi connectivity index (χ1) is 10.6. The van der Waals surface area contributed by atoms with Gasteiger partial charge in [-0.05, 0) is 31.2 Å². The van der Waals surface area contributed by atoms with E-state index >= 15 is 0 Å². The molecule has 0 atom stereocenters. The van der Waals surface area contributed by atoms with Crippen LogP contribution in [0.15, 0.2) is 34.9 Å². The van der Waals surface area contributed by atoms with Crippen molar-refractivity contribution < 1.29 is 19.1 Å². The van der Waals surface area contributed by atoms with E-state index in [0.717, 1.165) is 11.8 Å². The smallest absolute Gasteiger partial charge is 0.351 e. The number of benzene rings is 1. The van der Waals surface area contributed by atoms with Crippen LogP contribution in [0.1, 0.15) is 6.92 Å². The van der Waals surface area contributed by atoms with Crippen LogP contribution < -0.4 is 9.64 Å². The van der Waals surface area contributed by atoms with Crippen LogP contribution in [0.5, 0.6) is 5.75 Å². The van der Waals surface area contributed by atoms with Crippen LogP contribution in [-0.2, 0) is 14.3 Å². The molecular weight excluding hydrogens is 304 g/mol. The average molecular weight is 318 g/mol. The lowest BCUT2D eigenvalue weighted by Gasteiger charge is -2.18. The molecule has 1 aliphatic rings. The third-order valence-corrected chi connectivity index (χ3v) is 3.97.